The summed E-state index contributed by atoms with van der Waals surface area (Å²) in [5.41, 5.74) is 7.99. The Hall–Kier alpha value is -2.20. The van der Waals surface area contributed by atoms with Gasteiger partial charge in [0.15, 0.2) is 0 Å². The van der Waals surface area contributed by atoms with Crippen LogP contribution in [0.3, 0.4) is 0 Å². The summed E-state index contributed by atoms with van der Waals surface area (Å²) in [5.74, 6) is 0.343. The van der Waals surface area contributed by atoms with Gasteiger partial charge in [0.2, 0.25) is 5.91 Å². The number of carbonyl (C=O) groups is 1. The molecule has 0 atom stereocenters. The molecule has 25 heavy (non-hydrogen) atoms. The van der Waals surface area contributed by atoms with Crippen LogP contribution in [0.5, 0.6) is 5.75 Å². The molecule has 0 aromatic heterocycles. The molecule has 0 spiro atoms. The van der Waals surface area contributed by atoms with E-state index in [-0.39, 0.29) is 0 Å². The molecule has 5 heteroatoms. The Labute approximate surface area is 154 Å². The third kappa shape index (κ3) is 5.68. The van der Waals surface area contributed by atoms with E-state index in [4.69, 9.17) is 22.1 Å². The van der Waals surface area contributed by atoms with Crippen LogP contribution in [0.15, 0.2) is 42.5 Å². The van der Waals surface area contributed by atoms with Crippen molar-refractivity contribution >= 4 is 23.2 Å². The predicted molar refractivity (Wildman–Crippen MR) is 104 cm³/mol. The molecule has 4 nitrogen and oxygen atoms in total. The lowest BCUT2D eigenvalue weighted by atomic mass is 10.1. The highest BCUT2D eigenvalue weighted by atomic mass is 35.5. The second-order valence-electron chi connectivity index (χ2n) is 6.00. The maximum atomic E-state index is 11.4. The van der Waals surface area contributed by atoms with Crippen LogP contribution in [0, 0.1) is 0 Å². The van der Waals surface area contributed by atoms with Crippen molar-refractivity contribution in [2.24, 2.45) is 5.73 Å². The molecule has 2 aromatic rings. The van der Waals surface area contributed by atoms with Gasteiger partial charge in [-0.05, 0) is 62.1 Å². The van der Waals surface area contributed by atoms with E-state index in [1.165, 1.54) is 5.56 Å². The zero-order valence-electron chi connectivity index (χ0n) is 14.8. The van der Waals surface area contributed by atoms with Crippen molar-refractivity contribution in [1.29, 1.82) is 0 Å². The minimum absolute atomic E-state index is 0.432. The van der Waals surface area contributed by atoms with Gasteiger partial charge in [0, 0.05) is 24.2 Å². The number of amides is 1. The first-order valence-electron chi connectivity index (χ1n) is 8.53. The van der Waals surface area contributed by atoms with Crippen molar-refractivity contribution in [2.45, 2.75) is 26.2 Å². The average Bonchev–Trinajstić information content (AvgIpc) is 2.60. The number of nitrogens with zero attached hydrogens (tertiary/aromatic N) is 1. The van der Waals surface area contributed by atoms with E-state index in [0.717, 1.165) is 42.3 Å². The van der Waals surface area contributed by atoms with Crippen LogP contribution in [0.1, 0.15) is 35.7 Å². The van der Waals surface area contributed by atoms with E-state index in [9.17, 15) is 4.79 Å². The maximum absolute atomic E-state index is 11.4. The van der Waals surface area contributed by atoms with Gasteiger partial charge in [-0.3, -0.25) is 4.79 Å². The number of rotatable bonds is 9. The molecule has 0 radical (unpaired) electrons. The first kappa shape index (κ1) is 19.1. The Morgan fingerprint density at radius 3 is 2.68 bits per heavy atom. The summed E-state index contributed by atoms with van der Waals surface area (Å²) in [6.45, 7) is 3.49. The Kier molecular flexibility index (Phi) is 7.14. The van der Waals surface area contributed by atoms with Gasteiger partial charge >= 0.3 is 0 Å². The zero-order valence-corrected chi connectivity index (χ0v) is 15.6. The molecule has 0 bridgehead atoms. The lowest BCUT2D eigenvalue weighted by Gasteiger charge is -2.21. The number of anilines is 1. The SMILES string of the molecule is CCN(C)c1cc(C(N)=O)ccc1OCCCCc1cccc(Cl)c1. The van der Waals surface area contributed by atoms with Crippen molar-refractivity contribution in [3.05, 3.63) is 58.6 Å². The van der Waals surface area contributed by atoms with Gasteiger partial charge in [-0.25, -0.2) is 0 Å². The first-order chi connectivity index (χ1) is 12.0. The molecule has 134 valence electrons. The quantitative estimate of drug-likeness (QED) is 0.678. The normalized spacial score (nSPS) is 10.5. The molecule has 0 saturated heterocycles. The van der Waals surface area contributed by atoms with Crippen LogP contribution in [0.2, 0.25) is 5.02 Å². The molecule has 0 aliphatic heterocycles. The van der Waals surface area contributed by atoms with Crippen LogP contribution in [-0.4, -0.2) is 26.1 Å². The van der Waals surface area contributed by atoms with Crippen molar-refractivity contribution in [3.63, 3.8) is 0 Å². The fourth-order valence-corrected chi connectivity index (χ4v) is 2.78. The molecule has 0 aliphatic carbocycles. The fraction of sp³-hybridized carbons (Fsp3) is 0.350. The average molecular weight is 361 g/mol. The summed E-state index contributed by atoms with van der Waals surface area (Å²) in [7, 11) is 1.96. The van der Waals surface area contributed by atoms with Crippen LogP contribution in [-0.2, 0) is 6.42 Å². The van der Waals surface area contributed by atoms with Crippen LogP contribution in [0.25, 0.3) is 0 Å². The third-order valence-electron chi connectivity index (χ3n) is 4.14. The number of nitrogens with two attached hydrogens (primary N) is 1. The van der Waals surface area contributed by atoms with E-state index in [0.29, 0.717) is 12.2 Å². The number of primary amides is 1. The molecule has 2 N–H and O–H groups in total. The maximum Gasteiger partial charge on any atom is 0.248 e. The minimum Gasteiger partial charge on any atom is -0.491 e. The summed E-state index contributed by atoms with van der Waals surface area (Å²) in [6.07, 6.45) is 2.95. The molecular formula is C20H25ClN2O2. The lowest BCUT2D eigenvalue weighted by molar-refractivity contribution is 0.100. The Bertz CT molecular complexity index is 719. The van der Waals surface area contributed by atoms with Crippen molar-refractivity contribution < 1.29 is 9.53 Å². The Morgan fingerprint density at radius 1 is 1.20 bits per heavy atom. The second-order valence-corrected chi connectivity index (χ2v) is 6.43. The van der Waals surface area contributed by atoms with Crippen LogP contribution >= 0.6 is 11.6 Å². The minimum atomic E-state index is -0.432. The number of hydrogen-bond acceptors (Lipinski definition) is 3. The van der Waals surface area contributed by atoms with Crippen molar-refractivity contribution in [1.82, 2.24) is 0 Å². The van der Waals surface area contributed by atoms with Gasteiger partial charge in [0.25, 0.3) is 0 Å². The van der Waals surface area contributed by atoms with Gasteiger partial charge in [-0.15, -0.1) is 0 Å². The molecule has 0 unspecified atom stereocenters. The summed E-state index contributed by atoms with van der Waals surface area (Å²) >= 11 is 6.00. The monoisotopic (exact) mass is 360 g/mol. The molecule has 0 heterocycles. The Balaban J connectivity index is 1.90. The number of aryl methyl sites for hydroxylation is 1. The molecule has 1 amide bonds. The number of halogens is 1. The van der Waals surface area contributed by atoms with E-state index in [1.807, 2.05) is 43.1 Å². The van der Waals surface area contributed by atoms with E-state index in [1.54, 1.807) is 12.1 Å². The summed E-state index contributed by atoms with van der Waals surface area (Å²) in [6, 6.07) is 13.3. The van der Waals surface area contributed by atoms with Crippen molar-refractivity contribution in [3.8, 4) is 5.75 Å². The molecule has 2 rings (SSSR count). The second kappa shape index (κ2) is 9.33. The number of ether oxygens (including phenoxy) is 1. The van der Waals surface area contributed by atoms with Crippen LogP contribution in [0.4, 0.5) is 5.69 Å². The largest absolute Gasteiger partial charge is 0.491 e. The van der Waals surface area contributed by atoms with Crippen molar-refractivity contribution in [2.75, 3.05) is 25.1 Å². The standard InChI is InChI=1S/C20H25ClN2O2/c1-3-23(2)18-14-16(20(22)24)10-11-19(18)25-12-5-4-7-15-8-6-9-17(21)13-15/h6,8-11,13-14H,3-5,7,12H2,1-2H3,(H2,22,24). The van der Waals surface area contributed by atoms with E-state index < -0.39 is 5.91 Å². The molecule has 0 aliphatic rings. The molecule has 0 fully saturated rings. The number of benzene rings is 2. The topological polar surface area (TPSA) is 55.6 Å². The van der Waals surface area contributed by atoms with Gasteiger partial charge in [-0.1, -0.05) is 23.7 Å². The summed E-state index contributed by atoms with van der Waals surface area (Å²) in [4.78, 5) is 13.4. The van der Waals surface area contributed by atoms with E-state index in [2.05, 4.69) is 6.07 Å². The predicted octanol–water partition coefficient (Wildman–Crippen LogP) is 4.30. The molecule has 2 aromatic carbocycles. The first-order valence-corrected chi connectivity index (χ1v) is 8.91. The third-order valence-corrected chi connectivity index (χ3v) is 4.37. The number of hydrogen-bond donors (Lipinski definition) is 1. The molecule has 0 saturated carbocycles. The summed E-state index contributed by atoms with van der Waals surface area (Å²) < 4.78 is 5.94. The highest BCUT2D eigenvalue weighted by molar-refractivity contribution is 6.30. The summed E-state index contributed by atoms with van der Waals surface area (Å²) in [5, 5.41) is 0.774. The highest BCUT2D eigenvalue weighted by Gasteiger charge is 2.11. The zero-order chi connectivity index (χ0) is 18.2. The van der Waals surface area contributed by atoms with Gasteiger partial charge in [-0.2, -0.15) is 0 Å². The van der Waals surface area contributed by atoms with Crippen LogP contribution < -0.4 is 15.4 Å². The van der Waals surface area contributed by atoms with E-state index >= 15 is 0 Å². The lowest BCUT2D eigenvalue weighted by Crippen LogP contribution is -2.19. The number of unbranched alkanes of at least 4 members (excludes halogenated alkanes) is 1. The van der Waals surface area contributed by atoms with Gasteiger partial charge in [0.1, 0.15) is 5.75 Å². The van der Waals surface area contributed by atoms with Gasteiger partial charge < -0.3 is 15.4 Å². The number of carbonyl (C=O) groups excluding carboxylic acids is 1. The van der Waals surface area contributed by atoms with Gasteiger partial charge in [0.05, 0.1) is 12.3 Å². The molecular weight excluding hydrogens is 336 g/mol. The fourth-order valence-electron chi connectivity index (χ4n) is 2.57. The smallest absolute Gasteiger partial charge is 0.248 e. The highest BCUT2D eigenvalue weighted by Crippen LogP contribution is 2.29. The Morgan fingerprint density at radius 2 is 2.00 bits per heavy atom.